The summed E-state index contributed by atoms with van der Waals surface area (Å²) in [6.07, 6.45) is 10.9. The highest BCUT2D eigenvalue weighted by molar-refractivity contribution is 5.07. The van der Waals surface area contributed by atoms with E-state index in [2.05, 4.69) is 36.9 Å². The van der Waals surface area contributed by atoms with E-state index in [9.17, 15) is 0 Å². The van der Waals surface area contributed by atoms with Crippen molar-refractivity contribution in [2.45, 2.75) is 71.4 Å². The number of rotatable bonds is 5. The van der Waals surface area contributed by atoms with E-state index in [1.807, 2.05) is 6.20 Å². The van der Waals surface area contributed by atoms with Gasteiger partial charge < -0.3 is 9.88 Å². The molecule has 2 fully saturated rings. The van der Waals surface area contributed by atoms with E-state index in [0.29, 0.717) is 11.3 Å². The molecular formula is C17H29N3. The fourth-order valence-electron chi connectivity index (χ4n) is 3.71. The van der Waals surface area contributed by atoms with Crippen LogP contribution in [0.2, 0.25) is 0 Å². The van der Waals surface area contributed by atoms with E-state index in [4.69, 9.17) is 4.98 Å². The first-order valence-electron chi connectivity index (χ1n) is 8.33. The molecule has 1 heterocycles. The highest BCUT2D eigenvalue weighted by atomic mass is 15.1. The van der Waals surface area contributed by atoms with Gasteiger partial charge in [0.25, 0.3) is 0 Å². The van der Waals surface area contributed by atoms with Crippen molar-refractivity contribution >= 4 is 0 Å². The second kappa shape index (κ2) is 5.51. The second-order valence-corrected chi connectivity index (χ2v) is 7.53. The summed E-state index contributed by atoms with van der Waals surface area (Å²) in [6.45, 7) is 9.28. The van der Waals surface area contributed by atoms with Crippen LogP contribution in [0.3, 0.4) is 0 Å². The Balaban J connectivity index is 1.76. The van der Waals surface area contributed by atoms with Crippen LogP contribution in [0.25, 0.3) is 0 Å². The van der Waals surface area contributed by atoms with Crippen molar-refractivity contribution in [2.24, 2.45) is 11.3 Å². The normalized spacial score (nSPS) is 29.6. The molecule has 0 amide bonds. The van der Waals surface area contributed by atoms with E-state index in [0.717, 1.165) is 18.5 Å². The molecule has 112 valence electrons. The standard InChI is InChI=1S/C17H29N3/c1-4-20-10-9-18-16(20)15-11-17(2,3)8-7-13(15)12-19-14-5-6-14/h9-10,13-15,19H,4-8,11-12H2,1-3H3. The molecule has 2 aliphatic rings. The highest BCUT2D eigenvalue weighted by Gasteiger charge is 2.38. The molecule has 0 bridgehead atoms. The average Bonchev–Trinajstić information content (AvgIpc) is 3.12. The van der Waals surface area contributed by atoms with Crippen LogP contribution >= 0.6 is 0 Å². The molecule has 3 rings (SSSR count). The summed E-state index contributed by atoms with van der Waals surface area (Å²) < 4.78 is 2.34. The molecule has 3 nitrogen and oxygen atoms in total. The molecule has 2 saturated carbocycles. The van der Waals surface area contributed by atoms with Gasteiger partial charge in [-0.2, -0.15) is 0 Å². The Morgan fingerprint density at radius 2 is 2.15 bits per heavy atom. The van der Waals surface area contributed by atoms with Crippen molar-refractivity contribution in [3.05, 3.63) is 18.2 Å². The maximum absolute atomic E-state index is 4.70. The van der Waals surface area contributed by atoms with Crippen molar-refractivity contribution in [1.82, 2.24) is 14.9 Å². The van der Waals surface area contributed by atoms with E-state index >= 15 is 0 Å². The monoisotopic (exact) mass is 275 g/mol. The Hall–Kier alpha value is -0.830. The molecule has 0 aliphatic heterocycles. The van der Waals surface area contributed by atoms with Crippen LogP contribution in [-0.2, 0) is 6.54 Å². The van der Waals surface area contributed by atoms with Gasteiger partial charge >= 0.3 is 0 Å². The van der Waals surface area contributed by atoms with Gasteiger partial charge in [0.1, 0.15) is 5.82 Å². The van der Waals surface area contributed by atoms with Gasteiger partial charge in [-0.3, -0.25) is 0 Å². The number of imidazole rings is 1. The summed E-state index contributed by atoms with van der Waals surface area (Å²) in [6, 6.07) is 0.816. The third-order valence-corrected chi connectivity index (χ3v) is 5.20. The molecule has 0 radical (unpaired) electrons. The Morgan fingerprint density at radius 3 is 2.85 bits per heavy atom. The molecule has 3 heteroatoms. The van der Waals surface area contributed by atoms with Crippen molar-refractivity contribution in [1.29, 1.82) is 0 Å². The topological polar surface area (TPSA) is 29.9 Å². The van der Waals surface area contributed by atoms with E-state index in [1.165, 1.54) is 44.5 Å². The average molecular weight is 275 g/mol. The van der Waals surface area contributed by atoms with Crippen molar-refractivity contribution in [3.8, 4) is 0 Å². The summed E-state index contributed by atoms with van der Waals surface area (Å²) in [7, 11) is 0. The largest absolute Gasteiger partial charge is 0.335 e. The Kier molecular flexibility index (Phi) is 3.89. The molecule has 2 unspecified atom stereocenters. The first kappa shape index (κ1) is 14.1. The molecule has 1 N–H and O–H groups in total. The predicted octanol–water partition coefficient (Wildman–Crippen LogP) is 3.56. The molecule has 1 aromatic heterocycles. The molecule has 2 aliphatic carbocycles. The third kappa shape index (κ3) is 3.08. The number of nitrogens with one attached hydrogen (secondary N) is 1. The Morgan fingerprint density at radius 1 is 1.35 bits per heavy atom. The van der Waals surface area contributed by atoms with Crippen molar-refractivity contribution in [2.75, 3.05) is 6.54 Å². The van der Waals surface area contributed by atoms with Gasteiger partial charge in [0, 0.05) is 30.9 Å². The minimum absolute atomic E-state index is 0.464. The van der Waals surface area contributed by atoms with Gasteiger partial charge in [0.15, 0.2) is 0 Å². The van der Waals surface area contributed by atoms with Crippen LogP contribution in [0, 0.1) is 11.3 Å². The van der Waals surface area contributed by atoms with Crippen molar-refractivity contribution in [3.63, 3.8) is 0 Å². The number of nitrogens with zero attached hydrogens (tertiary/aromatic N) is 2. The quantitative estimate of drug-likeness (QED) is 0.890. The third-order valence-electron chi connectivity index (χ3n) is 5.20. The van der Waals surface area contributed by atoms with E-state index in [1.54, 1.807) is 0 Å². The van der Waals surface area contributed by atoms with Crippen LogP contribution in [0.4, 0.5) is 0 Å². The molecule has 0 saturated heterocycles. The van der Waals surface area contributed by atoms with Gasteiger partial charge in [0.2, 0.25) is 0 Å². The number of hydrogen-bond donors (Lipinski definition) is 1. The summed E-state index contributed by atoms with van der Waals surface area (Å²) in [5.41, 5.74) is 0.464. The van der Waals surface area contributed by atoms with Crippen LogP contribution in [-0.4, -0.2) is 22.1 Å². The van der Waals surface area contributed by atoms with Gasteiger partial charge in [-0.1, -0.05) is 13.8 Å². The maximum Gasteiger partial charge on any atom is 0.112 e. The first-order chi connectivity index (χ1) is 9.59. The van der Waals surface area contributed by atoms with Crippen LogP contribution in [0.15, 0.2) is 12.4 Å². The minimum Gasteiger partial charge on any atom is -0.335 e. The summed E-state index contributed by atoms with van der Waals surface area (Å²) in [4.78, 5) is 4.70. The van der Waals surface area contributed by atoms with Crippen molar-refractivity contribution < 1.29 is 0 Å². The minimum atomic E-state index is 0.464. The second-order valence-electron chi connectivity index (χ2n) is 7.53. The lowest BCUT2D eigenvalue weighted by Gasteiger charge is -2.40. The molecule has 20 heavy (non-hydrogen) atoms. The van der Waals surface area contributed by atoms with Gasteiger partial charge in [0.05, 0.1) is 0 Å². The van der Waals surface area contributed by atoms with Crippen LogP contribution < -0.4 is 5.32 Å². The first-order valence-corrected chi connectivity index (χ1v) is 8.33. The highest BCUT2D eigenvalue weighted by Crippen LogP contribution is 2.46. The number of hydrogen-bond acceptors (Lipinski definition) is 2. The van der Waals surface area contributed by atoms with Gasteiger partial charge in [-0.25, -0.2) is 4.98 Å². The smallest absolute Gasteiger partial charge is 0.112 e. The number of aromatic nitrogens is 2. The summed E-state index contributed by atoms with van der Waals surface area (Å²) >= 11 is 0. The van der Waals surface area contributed by atoms with E-state index in [-0.39, 0.29) is 0 Å². The zero-order valence-electron chi connectivity index (χ0n) is 13.2. The fourth-order valence-corrected chi connectivity index (χ4v) is 3.71. The van der Waals surface area contributed by atoms with Gasteiger partial charge in [-0.15, -0.1) is 0 Å². The lowest BCUT2D eigenvalue weighted by molar-refractivity contribution is 0.152. The Bertz CT molecular complexity index is 443. The maximum atomic E-state index is 4.70. The van der Waals surface area contributed by atoms with Gasteiger partial charge in [-0.05, 0) is 56.9 Å². The molecular weight excluding hydrogens is 246 g/mol. The lowest BCUT2D eigenvalue weighted by Crippen LogP contribution is -2.36. The van der Waals surface area contributed by atoms with E-state index < -0.39 is 0 Å². The Labute approximate surface area is 123 Å². The molecule has 1 aromatic rings. The summed E-state index contributed by atoms with van der Waals surface area (Å²) in [5.74, 6) is 2.71. The zero-order valence-corrected chi connectivity index (χ0v) is 13.2. The summed E-state index contributed by atoms with van der Waals surface area (Å²) in [5, 5.41) is 3.75. The molecule has 0 aromatic carbocycles. The fraction of sp³-hybridized carbons (Fsp3) is 0.824. The lowest BCUT2D eigenvalue weighted by atomic mass is 9.66. The van der Waals surface area contributed by atoms with Crippen LogP contribution in [0.5, 0.6) is 0 Å². The zero-order chi connectivity index (χ0) is 14.2. The molecule has 0 spiro atoms. The molecule has 2 atom stereocenters. The predicted molar refractivity (Wildman–Crippen MR) is 82.8 cm³/mol. The number of aryl methyl sites for hydroxylation is 1. The SMILES string of the molecule is CCn1ccnc1C1CC(C)(C)CCC1CNC1CC1. The van der Waals surface area contributed by atoms with Crippen LogP contribution in [0.1, 0.15) is 64.6 Å².